The number of nitrogens with one attached hydrogen (secondary N) is 1. The van der Waals surface area contributed by atoms with Crippen molar-refractivity contribution in [3.05, 3.63) is 28.2 Å². The van der Waals surface area contributed by atoms with Gasteiger partial charge in [0.2, 0.25) is 0 Å². The lowest BCUT2D eigenvalue weighted by molar-refractivity contribution is -0.136. The Bertz CT molecular complexity index is 385. The highest BCUT2D eigenvalue weighted by Crippen LogP contribution is 2.28. The van der Waals surface area contributed by atoms with Crippen molar-refractivity contribution in [2.75, 3.05) is 11.9 Å². The molecule has 0 saturated heterocycles. The summed E-state index contributed by atoms with van der Waals surface area (Å²) < 4.78 is 25.1. The second kappa shape index (κ2) is 5.79. The van der Waals surface area contributed by atoms with Gasteiger partial charge in [0.25, 0.3) is 6.43 Å². The molecule has 1 aromatic rings. The molecule has 0 saturated carbocycles. The zero-order valence-corrected chi connectivity index (χ0v) is 9.80. The first-order valence-corrected chi connectivity index (χ1v) is 5.33. The Morgan fingerprint density at radius 3 is 2.69 bits per heavy atom. The molecule has 0 atom stereocenters. The average molecular weight is 294 g/mol. The summed E-state index contributed by atoms with van der Waals surface area (Å²) in [6.45, 7) is 0.252. The molecule has 0 unspecified atom stereocenters. The van der Waals surface area contributed by atoms with Crippen LogP contribution in [0, 0.1) is 0 Å². The van der Waals surface area contributed by atoms with Gasteiger partial charge in [-0.3, -0.25) is 4.79 Å². The molecule has 1 rings (SSSR count). The normalized spacial score (nSPS) is 10.5. The highest BCUT2D eigenvalue weighted by atomic mass is 79.9. The van der Waals surface area contributed by atoms with Gasteiger partial charge < -0.3 is 10.4 Å². The number of halogens is 3. The van der Waals surface area contributed by atoms with Crippen LogP contribution in [0.2, 0.25) is 0 Å². The first-order chi connectivity index (χ1) is 7.50. The number of rotatable bonds is 5. The first-order valence-electron chi connectivity index (χ1n) is 4.54. The molecule has 2 N–H and O–H groups in total. The lowest BCUT2D eigenvalue weighted by Crippen LogP contribution is -2.07. The van der Waals surface area contributed by atoms with Crippen LogP contribution < -0.4 is 5.32 Å². The quantitative estimate of drug-likeness (QED) is 0.876. The summed E-state index contributed by atoms with van der Waals surface area (Å²) in [5, 5.41) is 11.3. The van der Waals surface area contributed by atoms with E-state index in [4.69, 9.17) is 5.11 Å². The van der Waals surface area contributed by atoms with Gasteiger partial charge in [0.05, 0.1) is 6.42 Å². The fourth-order valence-corrected chi connectivity index (χ4v) is 1.65. The Hall–Kier alpha value is -1.17. The summed E-state index contributed by atoms with van der Waals surface area (Å²) in [7, 11) is 0. The summed E-state index contributed by atoms with van der Waals surface area (Å²) >= 11 is 3.14. The summed E-state index contributed by atoms with van der Waals surface area (Å²) in [6.07, 6.45) is -2.53. The number of benzene rings is 1. The van der Waals surface area contributed by atoms with Gasteiger partial charge in [0.1, 0.15) is 0 Å². The van der Waals surface area contributed by atoms with Crippen molar-refractivity contribution in [3.63, 3.8) is 0 Å². The lowest BCUT2D eigenvalue weighted by Gasteiger charge is -2.08. The van der Waals surface area contributed by atoms with E-state index in [-0.39, 0.29) is 18.5 Å². The van der Waals surface area contributed by atoms with Crippen molar-refractivity contribution in [1.29, 1.82) is 0 Å². The minimum atomic E-state index is -2.51. The molecule has 0 aliphatic heterocycles. The van der Waals surface area contributed by atoms with Crippen molar-refractivity contribution >= 4 is 27.6 Å². The second-order valence-electron chi connectivity index (χ2n) is 3.11. The van der Waals surface area contributed by atoms with Crippen molar-refractivity contribution in [3.8, 4) is 0 Å². The topological polar surface area (TPSA) is 49.3 Å². The van der Waals surface area contributed by atoms with Crippen LogP contribution in [0.15, 0.2) is 22.7 Å². The third kappa shape index (κ3) is 3.77. The van der Waals surface area contributed by atoms with E-state index >= 15 is 0 Å². The molecule has 0 amide bonds. The van der Waals surface area contributed by atoms with E-state index in [2.05, 4.69) is 21.2 Å². The minimum Gasteiger partial charge on any atom is -0.481 e. The molecular weight excluding hydrogens is 284 g/mol. The number of hydrogen-bond acceptors (Lipinski definition) is 2. The second-order valence-corrected chi connectivity index (χ2v) is 3.96. The Balaban J connectivity index is 2.64. The summed E-state index contributed by atoms with van der Waals surface area (Å²) in [5.41, 5.74) is 0.529. The van der Waals surface area contributed by atoms with E-state index in [9.17, 15) is 13.6 Å². The zero-order chi connectivity index (χ0) is 12.1. The van der Waals surface area contributed by atoms with Crippen LogP contribution in [0.25, 0.3) is 0 Å². The van der Waals surface area contributed by atoms with Gasteiger partial charge in [-0.15, -0.1) is 0 Å². The summed E-state index contributed by atoms with van der Waals surface area (Å²) in [6, 6.07) is 4.11. The third-order valence-corrected chi connectivity index (χ3v) is 2.56. The average Bonchev–Trinajstić information content (AvgIpc) is 2.19. The molecular formula is C10H10BrF2NO2. The third-order valence-electron chi connectivity index (χ3n) is 1.90. The van der Waals surface area contributed by atoms with Gasteiger partial charge in [0.15, 0.2) is 0 Å². The van der Waals surface area contributed by atoms with E-state index in [1.54, 1.807) is 0 Å². The number of carboxylic acids is 1. The van der Waals surface area contributed by atoms with Crippen molar-refractivity contribution in [1.82, 2.24) is 0 Å². The van der Waals surface area contributed by atoms with Crippen LogP contribution in [-0.4, -0.2) is 17.6 Å². The predicted molar refractivity (Wildman–Crippen MR) is 59.8 cm³/mol. The van der Waals surface area contributed by atoms with Gasteiger partial charge in [-0.1, -0.05) is 6.07 Å². The predicted octanol–water partition coefficient (Wildman–Crippen LogP) is 3.27. The van der Waals surface area contributed by atoms with Crippen LogP contribution in [0.3, 0.4) is 0 Å². The van der Waals surface area contributed by atoms with E-state index in [0.717, 1.165) is 0 Å². The number of carboxylic acid groups (broad SMARTS) is 1. The molecule has 0 heterocycles. The Kier molecular flexibility index (Phi) is 4.67. The van der Waals surface area contributed by atoms with Crippen LogP contribution in [-0.2, 0) is 4.79 Å². The van der Waals surface area contributed by atoms with Gasteiger partial charge >= 0.3 is 5.97 Å². The van der Waals surface area contributed by atoms with E-state index in [1.165, 1.54) is 18.2 Å². The SMILES string of the molecule is O=C(O)CCNc1ccc(C(F)F)cc1Br. The highest BCUT2D eigenvalue weighted by molar-refractivity contribution is 9.10. The van der Waals surface area contributed by atoms with Crippen LogP contribution in [0.5, 0.6) is 0 Å². The van der Waals surface area contributed by atoms with Crippen molar-refractivity contribution in [2.45, 2.75) is 12.8 Å². The maximum atomic E-state index is 12.3. The summed E-state index contributed by atoms with van der Waals surface area (Å²) in [5.74, 6) is -0.909. The Morgan fingerprint density at radius 2 is 2.19 bits per heavy atom. The van der Waals surface area contributed by atoms with Crippen LogP contribution in [0.1, 0.15) is 18.4 Å². The van der Waals surface area contributed by atoms with Gasteiger partial charge in [-0.05, 0) is 28.1 Å². The van der Waals surface area contributed by atoms with E-state index in [0.29, 0.717) is 10.2 Å². The number of aliphatic carboxylic acids is 1. The summed E-state index contributed by atoms with van der Waals surface area (Å²) in [4.78, 5) is 10.3. The van der Waals surface area contributed by atoms with Crippen molar-refractivity contribution < 1.29 is 18.7 Å². The maximum Gasteiger partial charge on any atom is 0.305 e. The fourth-order valence-electron chi connectivity index (χ4n) is 1.11. The number of anilines is 1. The van der Waals surface area contributed by atoms with Crippen molar-refractivity contribution in [2.24, 2.45) is 0 Å². The molecule has 16 heavy (non-hydrogen) atoms. The molecule has 0 aliphatic rings. The molecule has 0 fully saturated rings. The molecule has 3 nitrogen and oxygen atoms in total. The largest absolute Gasteiger partial charge is 0.481 e. The molecule has 0 spiro atoms. The minimum absolute atomic E-state index is 0.0248. The number of hydrogen-bond donors (Lipinski definition) is 2. The van der Waals surface area contributed by atoms with E-state index in [1.807, 2.05) is 0 Å². The maximum absolute atomic E-state index is 12.3. The number of carbonyl (C=O) groups is 1. The van der Waals surface area contributed by atoms with Gasteiger partial charge in [0, 0.05) is 22.3 Å². The lowest BCUT2D eigenvalue weighted by atomic mass is 10.2. The standard InChI is InChI=1S/C10H10BrF2NO2/c11-7-5-6(10(12)13)1-2-8(7)14-4-3-9(15)16/h1-2,5,10,14H,3-4H2,(H,15,16). The fraction of sp³-hybridized carbons (Fsp3) is 0.300. The smallest absolute Gasteiger partial charge is 0.305 e. The molecule has 0 radical (unpaired) electrons. The molecule has 0 aromatic heterocycles. The van der Waals surface area contributed by atoms with Gasteiger partial charge in [-0.25, -0.2) is 8.78 Å². The van der Waals surface area contributed by atoms with Gasteiger partial charge in [-0.2, -0.15) is 0 Å². The molecule has 6 heteroatoms. The number of alkyl halides is 2. The first kappa shape index (κ1) is 12.9. The van der Waals surface area contributed by atoms with Crippen LogP contribution >= 0.6 is 15.9 Å². The zero-order valence-electron chi connectivity index (χ0n) is 8.21. The van der Waals surface area contributed by atoms with Crippen LogP contribution in [0.4, 0.5) is 14.5 Å². The molecule has 1 aromatic carbocycles. The van der Waals surface area contributed by atoms with E-state index < -0.39 is 12.4 Å². The monoisotopic (exact) mass is 293 g/mol. The molecule has 0 aliphatic carbocycles. The molecule has 88 valence electrons. The molecule has 0 bridgehead atoms. The Morgan fingerprint density at radius 1 is 1.50 bits per heavy atom. The Labute approximate surface area is 99.6 Å². The highest BCUT2D eigenvalue weighted by Gasteiger charge is 2.09.